The number of likely N-dealkylation sites (tertiary alicyclic amines) is 1. The second-order valence-electron chi connectivity index (χ2n) is 7.00. The van der Waals surface area contributed by atoms with Crippen molar-refractivity contribution in [2.45, 2.75) is 12.5 Å². The molecule has 0 spiro atoms. The second kappa shape index (κ2) is 8.33. The van der Waals surface area contributed by atoms with Crippen LogP contribution in [0.4, 0.5) is 17.5 Å². The van der Waals surface area contributed by atoms with E-state index in [1.807, 2.05) is 24.3 Å². The summed E-state index contributed by atoms with van der Waals surface area (Å²) in [5.41, 5.74) is 0.700. The minimum absolute atomic E-state index is 0.0525. The number of carbonyl (C=O) groups is 1. The number of benzene rings is 1. The van der Waals surface area contributed by atoms with E-state index in [9.17, 15) is 9.36 Å². The van der Waals surface area contributed by atoms with Crippen molar-refractivity contribution in [1.29, 1.82) is 0 Å². The van der Waals surface area contributed by atoms with Crippen molar-refractivity contribution in [1.82, 2.24) is 14.9 Å². The Morgan fingerprint density at radius 2 is 2.14 bits per heavy atom. The number of carbonyl (C=O) groups excluding carboxylic acids is 1. The van der Waals surface area contributed by atoms with Crippen LogP contribution in [0.1, 0.15) is 6.42 Å². The molecule has 0 aliphatic carbocycles. The fraction of sp³-hybridized carbons (Fsp3) is 0.316. The number of nitrogens with one attached hydrogen (secondary N) is 2. The number of amides is 1. The average molecular weight is 420 g/mol. The monoisotopic (exact) mass is 419 g/mol. The molecule has 1 aliphatic heterocycles. The molecule has 1 aliphatic rings. The molecule has 1 atom stereocenters. The molecule has 148 valence electrons. The van der Waals surface area contributed by atoms with Gasteiger partial charge in [-0.2, -0.15) is 4.98 Å². The third kappa shape index (κ3) is 4.72. The van der Waals surface area contributed by atoms with Crippen LogP contribution in [0.3, 0.4) is 0 Å². The highest BCUT2D eigenvalue weighted by Crippen LogP contribution is 2.38. The number of halogens is 1. The number of hydrogen-bond donors (Lipinski definition) is 2. The summed E-state index contributed by atoms with van der Waals surface area (Å²) in [4.78, 5) is 22.2. The number of nitrogens with zero attached hydrogens (tertiary/aromatic N) is 3. The van der Waals surface area contributed by atoms with Crippen molar-refractivity contribution in [2.24, 2.45) is 0 Å². The fourth-order valence-electron chi connectivity index (χ4n) is 3.09. The van der Waals surface area contributed by atoms with Crippen LogP contribution >= 0.6 is 18.7 Å². The summed E-state index contributed by atoms with van der Waals surface area (Å²) in [5.74, 6) is 0.763. The van der Waals surface area contributed by atoms with Gasteiger partial charge in [-0.15, -0.1) is 0 Å². The van der Waals surface area contributed by atoms with Gasteiger partial charge in [-0.25, -0.2) is 4.98 Å². The lowest BCUT2D eigenvalue weighted by atomic mass is 10.3. The van der Waals surface area contributed by atoms with Crippen LogP contribution in [0.25, 0.3) is 0 Å². The summed E-state index contributed by atoms with van der Waals surface area (Å²) < 4.78 is 12.6. The van der Waals surface area contributed by atoms with Gasteiger partial charge in [0.25, 0.3) is 0 Å². The summed E-state index contributed by atoms with van der Waals surface area (Å²) in [5, 5.41) is 7.51. The normalized spacial score (nSPS) is 16.7. The van der Waals surface area contributed by atoms with Gasteiger partial charge in [0.2, 0.25) is 11.9 Å². The lowest BCUT2D eigenvalue weighted by molar-refractivity contribution is -0.125. The number of rotatable bonds is 6. The topological polar surface area (TPSA) is 87.2 Å². The minimum Gasteiger partial charge on any atom is -0.350 e. The third-order valence-electron chi connectivity index (χ3n) is 4.49. The van der Waals surface area contributed by atoms with Gasteiger partial charge in [0.1, 0.15) is 12.2 Å². The number of para-hydroxylation sites is 1. The first-order valence-electron chi connectivity index (χ1n) is 8.90. The van der Waals surface area contributed by atoms with Crippen LogP contribution in [0, 0.1) is 0 Å². The lowest BCUT2D eigenvalue weighted by Crippen LogP contribution is -2.30. The summed E-state index contributed by atoms with van der Waals surface area (Å²) >= 11 is 6.26. The van der Waals surface area contributed by atoms with Crippen molar-refractivity contribution < 1.29 is 9.36 Å². The van der Waals surface area contributed by atoms with E-state index in [4.69, 9.17) is 11.6 Å². The van der Waals surface area contributed by atoms with E-state index >= 15 is 0 Å². The van der Waals surface area contributed by atoms with Crippen molar-refractivity contribution in [3.63, 3.8) is 0 Å². The Morgan fingerprint density at radius 3 is 2.86 bits per heavy atom. The molecule has 0 radical (unpaired) electrons. The summed E-state index contributed by atoms with van der Waals surface area (Å²) in [6.07, 6.45) is 3.63. The largest absolute Gasteiger partial charge is 0.350 e. The van der Waals surface area contributed by atoms with Crippen molar-refractivity contribution in [3.8, 4) is 0 Å². The molecule has 1 fully saturated rings. The zero-order valence-corrected chi connectivity index (χ0v) is 17.5. The van der Waals surface area contributed by atoms with E-state index < -0.39 is 7.14 Å². The molecule has 7 nitrogen and oxygen atoms in total. The molecule has 3 rings (SSSR count). The maximum absolute atomic E-state index is 12.6. The molecular weight excluding hydrogens is 397 g/mol. The maximum Gasteiger partial charge on any atom is 0.246 e. The summed E-state index contributed by atoms with van der Waals surface area (Å²) in [6, 6.07) is 7.44. The molecular formula is C19H23ClN5O2P. The van der Waals surface area contributed by atoms with E-state index in [0.717, 1.165) is 11.7 Å². The predicted molar refractivity (Wildman–Crippen MR) is 115 cm³/mol. The number of aromatic nitrogens is 2. The first-order chi connectivity index (χ1) is 13.3. The highest BCUT2D eigenvalue weighted by molar-refractivity contribution is 7.70. The molecule has 9 heteroatoms. The lowest BCUT2D eigenvalue weighted by Gasteiger charge is -2.17. The smallest absolute Gasteiger partial charge is 0.246 e. The predicted octanol–water partition coefficient (Wildman–Crippen LogP) is 3.32. The molecule has 1 aromatic carbocycles. The van der Waals surface area contributed by atoms with Crippen LogP contribution in [0.5, 0.6) is 0 Å². The number of anilines is 3. The molecule has 28 heavy (non-hydrogen) atoms. The third-order valence-corrected chi connectivity index (χ3v) is 6.32. The molecule has 1 aromatic heterocycles. The van der Waals surface area contributed by atoms with Crippen LogP contribution in [0.2, 0.25) is 5.02 Å². The second-order valence-corrected chi connectivity index (χ2v) is 10.6. The van der Waals surface area contributed by atoms with Crippen LogP contribution in [0.15, 0.2) is 43.1 Å². The first kappa shape index (κ1) is 20.4. The summed E-state index contributed by atoms with van der Waals surface area (Å²) in [6.45, 7) is 8.19. The Kier molecular flexibility index (Phi) is 6.06. The van der Waals surface area contributed by atoms with Gasteiger partial charge in [0, 0.05) is 24.4 Å². The molecule has 0 saturated carbocycles. The zero-order chi connectivity index (χ0) is 20.3. The Morgan fingerprint density at radius 1 is 1.39 bits per heavy atom. The highest BCUT2D eigenvalue weighted by Gasteiger charge is 2.25. The fourth-order valence-corrected chi connectivity index (χ4v) is 4.38. The molecule has 2 heterocycles. The molecule has 0 bridgehead atoms. The molecule has 0 unspecified atom stereocenters. The summed E-state index contributed by atoms with van der Waals surface area (Å²) in [7, 11) is -2.47. The average Bonchev–Trinajstić information content (AvgIpc) is 3.12. The van der Waals surface area contributed by atoms with Crippen molar-refractivity contribution >= 4 is 47.4 Å². The maximum atomic E-state index is 12.6. The first-order valence-corrected chi connectivity index (χ1v) is 11.9. The zero-order valence-electron chi connectivity index (χ0n) is 15.9. The Bertz CT molecular complexity index is 946. The van der Waals surface area contributed by atoms with Gasteiger partial charge in [-0.3, -0.25) is 4.79 Å². The van der Waals surface area contributed by atoms with Crippen molar-refractivity contribution in [3.05, 3.63) is 48.1 Å². The minimum atomic E-state index is -2.47. The van der Waals surface area contributed by atoms with Crippen LogP contribution in [-0.4, -0.2) is 53.2 Å². The Labute approximate surface area is 169 Å². The van der Waals surface area contributed by atoms with Gasteiger partial charge < -0.3 is 20.1 Å². The Hall–Kier alpha value is -2.37. The number of hydrogen-bond acceptors (Lipinski definition) is 6. The standard InChI is InChI=1S/C19H23ClN5O2P/c1-4-17(26)25-10-9-13(12-25)22-19-21-11-14(20)18(24-19)23-15-7-5-6-8-16(15)28(2,3)27/h4-8,11,13H,1,9-10,12H2,2-3H3,(H2,21,22,23,24)/t13-/m1/s1. The van der Waals surface area contributed by atoms with E-state index in [-0.39, 0.29) is 11.9 Å². The Balaban J connectivity index is 1.77. The molecule has 1 saturated heterocycles. The van der Waals surface area contributed by atoms with Gasteiger partial charge in [-0.1, -0.05) is 30.3 Å². The SMILES string of the molecule is C=CC(=O)N1CC[C@@H](Nc2ncc(Cl)c(Nc3ccccc3P(C)(C)=O)n2)C1. The van der Waals surface area contributed by atoms with Crippen LogP contribution < -0.4 is 15.9 Å². The van der Waals surface area contributed by atoms with Crippen LogP contribution in [-0.2, 0) is 9.36 Å². The van der Waals surface area contributed by atoms with E-state index in [2.05, 4.69) is 27.2 Å². The van der Waals surface area contributed by atoms with E-state index in [0.29, 0.717) is 35.6 Å². The van der Waals surface area contributed by atoms with E-state index in [1.165, 1.54) is 12.3 Å². The molecule has 2 N–H and O–H groups in total. The quantitative estimate of drug-likeness (QED) is 0.551. The van der Waals surface area contributed by atoms with Gasteiger partial charge in [-0.05, 0) is 38.0 Å². The van der Waals surface area contributed by atoms with Gasteiger partial charge >= 0.3 is 0 Å². The highest BCUT2D eigenvalue weighted by atomic mass is 35.5. The van der Waals surface area contributed by atoms with E-state index in [1.54, 1.807) is 18.2 Å². The molecule has 2 aromatic rings. The van der Waals surface area contributed by atoms with Crippen molar-refractivity contribution in [2.75, 3.05) is 37.1 Å². The van der Waals surface area contributed by atoms with Gasteiger partial charge in [0.05, 0.1) is 11.9 Å². The molecule has 1 amide bonds. The van der Waals surface area contributed by atoms with Gasteiger partial charge in [0.15, 0.2) is 5.82 Å².